The topological polar surface area (TPSA) is 128 Å². The number of pyridine rings is 1. The van der Waals surface area contributed by atoms with Crippen molar-refractivity contribution in [2.75, 3.05) is 26.9 Å². The molecule has 10 heteroatoms. The highest BCUT2D eigenvalue weighted by Crippen LogP contribution is 2.13. The molecule has 0 saturated heterocycles. The first kappa shape index (κ1) is 37.1. The molecule has 0 aliphatic rings. The zero-order chi connectivity index (χ0) is 30.7. The van der Waals surface area contributed by atoms with Gasteiger partial charge >= 0.3 is 12.2 Å². The average molecular weight is 593 g/mol. The second-order valence-electron chi connectivity index (χ2n) is 10.8. The predicted molar refractivity (Wildman–Crippen MR) is 165 cm³/mol. The number of amides is 3. The first-order chi connectivity index (χ1) is 20.5. The van der Waals surface area contributed by atoms with E-state index in [1.165, 1.54) is 103 Å². The third-order valence-electron chi connectivity index (χ3n) is 7.01. The number of hydrogen-bond acceptors (Lipinski definition) is 7. The fourth-order valence-corrected chi connectivity index (χ4v) is 4.46. The van der Waals surface area contributed by atoms with E-state index in [9.17, 15) is 14.4 Å². The van der Waals surface area contributed by atoms with Gasteiger partial charge in [-0.2, -0.15) is 0 Å². The molecule has 1 aromatic rings. The highest BCUT2D eigenvalue weighted by Gasteiger charge is 2.17. The van der Waals surface area contributed by atoms with E-state index in [0.717, 1.165) is 12.8 Å². The lowest BCUT2D eigenvalue weighted by atomic mass is 10.0. The first-order valence-electron chi connectivity index (χ1n) is 16.0. The zero-order valence-corrected chi connectivity index (χ0v) is 26.3. The minimum atomic E-state index is -0.737. The molecule has 0 bridgehead atoms. The molecule has 240 valence electrons. The standard InChI is InChI=1S/C32H56N4O6/c1-4-5-6-7-8-9-10-11-12-13-14-15-16-17-18-20-24-34-31(38)41-25-28(40-3)26-42-32(39)36-27(2)35-30(37)29-22-19-21-23-33-29/h19,21-23,27-28H,4-18,20,24-26H2,1-3H3,(H,34,38)(H,35,37)(H,36,39). The van der Waals surface area contributed by atoms with E-state index in [1.54, 1.807) is 25.1 Å². The van der Waals surface area contributed by atoms with Gasteiger partial charge in [-0.3, -0.25) is 9.78 Å². The number of methoxy groups -OCH3 is 1. The quantitative estimate of drug-likeness (QED) is 0.0833. The summed E-state index contributed by atoms with van der Waals surface area (Å²) in [4.78, 5) is 40.1. The van der Waals surface area contributed by atoms with Crippen molar-refractivity contribution < 1.29 is 28.6 Å². The van der Waals surface area contributed by atoms with Gasteiger partial charge in [-0.1, -0.05) is 109 Å². The number of ether oxygens (including phenoxy) is 3. The Morgan fingerprint density at radius 3 is 1.76 bits per heavy atom. The van der Waals surface area contributed by atoms with Crippen LogP contribution in [0.1, 0.15) is 127 Å². The molecule has 2 atom stereocenters. The molecular formula is C32H56N4O6. The number of rotatable bonds is 25. The summed E-state index contributed by atoms with van der Waals surface area (Å²) in [6.45, 7) is 4.26. The van der Waals surface area contributed by atoms with Crippen LogP contribution in [0.25, 0.3) is 0 Å². The van der Waals surface area contributed by atoms with Gasteiger partial charge in [0.15, 0.2) is 0 Å². The summed E-state index contributed by atoms with van der Waals surface area (Å²) in [6, 6.07) is 4.97. The van der Waals surface area contributed by atoms with Gasteiger partial charge in [0, 0.05) is 19.9 Å². The molecule has 0 fully saturated rings. The summed E-state index contributed by atoms with van der Waals surface area (Å²) in [6.07, 6.45) is 19.9. The van der Waals surface area contributed by atoms with Crippen LogP contribution in [-0.4, -0.2) is 62.2 Å². The van der Waals surface area contributed by atoms with Crippen molar-refractivity contribution in [3.8, 4) is 0 Å². The number of alkyl carbamates (subject to hydrolysis) is 2. The van der Waals surface area contributed by atoms with E-state index in [1.807, 2.05) is 0 Å². The highest BCUT2D eigenvalue weighted by atomic mass is 16.6. The maximum Gasteiger partial charge on any atom is 0.408 e. The van der Waals surface area contributed by atoms with Crippen molar-refractivity contribution >= 4 is 18.1 Å². The molecule has 1 rings (SSSR count). The number of nitrogens with one attached hydrogen (secondary N) is 3. The van der Waals surface area contributed by atoms with E-state index < -0.39 is 30.4 Å². The van der Waals surface area contributed by atoms with Gasteiger partial charge in [0.1, 0.15) is 31.2 Å². The Hall–Kier alpha value is -2.88. The molecule has 0 aromatic carbocycles. The monoisotopic (exact) mass is 592 g/mol. The minimum absolute atomic E-state index is 0.0550. The molecule has 0 aliphatic carbocycles. The number of carbonyl (C=O) groups is 3. The molecule has 0 saturated carbocycles. The van der Waals surface area contributed by atoms with Crippen LogP contribution in [0.4, 0.5) is 9.59 Å². The second-order valence-corrected chi connectivity index (χ2v) is 10.8. The van der Waals surface area contributed by atoms with E-state index in [4.69, 9.17) is 14.2 Å². The summed E-state index contributed by atoms with van der Waals surface area (Å²) in [7, 11) is 1.44. The molecule has 42 heavy (non-hydrogen) atoms. The Morgan fingerprint density at radius 1 is 0.738 bits per heavy atom. The third-order valence-corrected chi connectivity index (χ3v) is 7.01. The van der Waals surface area contributed by atoms with Crippen LogP contribution in [0, 0.1) is 0 Å². The summed E-state index contributed by atoms with van der Waals surface area (Å²) in [5.74, 6) is -0.419. The number of hydrogen-bond donors (Lipinski definition) is 3. The van der Waals surface area contributed by atoms with Crippen molar-refractivity contribution in [2.24, 2.45) is 0 Å². The van der Waals surface area contributed by atoms with Crippen LogP contribution < -0.4 is 16.0 Å². The lowest BCUT2D eigenvalue weighted by molar-refractivity contribution is -0.00495. The maximum atomic E-state index is 12.1. The van der Waals surface area contributed by atoms with Crippen molar-refractivity contribution in [1.29, 1.82) is 0 Å². The number of nitrogens with zero attached hydrogens (tertiary/aromatic N) is 1. The van der Waals surface area contributed by atoms with Crippen LogP contribution in [0.5, 0.6) is 0 Å². The lowest BCUT2D eigenvalue weighted by Crippen LogP contribution is -2.46. The van der Waals surface area contributed by atoms with Crippen molar-refractivity contribution in [3.63, 3.8) is 0 Å². The van der Waals surface area contributed by atoms with Gasteiger partial charge < -0.3 is 30.2 Å². The molecule has 10 nitrogen and oxygen atoms in total. The van der Waals surface area contributed by atoms with E-state index in [0.29, 0.717) is 6.54 Å². The Kier molecular flexibility index (Phi) is 22.8. The maximum absolute atomic E-state index is 12.1. The smallest absolute Gasteiger partial charge is 0.408 e. The average Bonchev–Trinajstić information content (AvgIpc) is 2.99. The van der Waals surface area contributed by atoms with Crippen LogP contribution in [0.15, 0.2) is 24.4 Å². The Morgan fingerprint density at radius 2 is 1.26 bits per heavy atom. The third kappa shape index (κ3) is 20.9. The summed E-state index contributed by atoms with van der Waals surface area (Å²) in [5.41, 5.74) is 0.240. The first-order valence-corrected chi connectivity index (χ1v) is 16.0. The second kappa shape index (κ2) is 25.8. The van der Waals surface area contributed by atoms with Gasteiger partial charge in [-0.25, -0.2) is 9.59 Å². The summed E-state index contributed by atoms with van der Waals surface area (Å²) >= 11 is 0. The molecule has 1 aromatic heterocycles. The van der Waals surface area contributed by atoms with Gasteiger partial charge in [0.05, 0.1) is 0 Å². The largest absolute Gasteiger partial charge is 0.447 e. The fraction of sp³-hybridized carbons (Fsp3) is 0.750. The SMILES string of the molecule is CCCCCCCCCCCCCCCCCCNC(=O)OCC(COC(=O)NC(C)NC(=O)c1ccccn1)OC. The van der Waals surface area contributed by atoms with Crippen LogP contribution in [0.2, 0.25) is 0 Å². The number of unbranched alkanes of at least 4 members (excludes halogenated alkanes) is 15. The summed E-state index contributed by atoms with van der Waals surface area (Å²) in [5, 5.41) is 7.86. The predicted octanol–water partition coefficient (Wildman–Crippen LogP) is 6.89. The molecular weight excluding hydrogens is 536 g/mol. The molecule has 0 aliphatic heterocycles. The molecule has 0 spiro atoms. The molecule has 0 radical (unpaired) electrons. The van der Waals surface area contributed by atoms with Crippen molar-refractivity contribution in [1.82, 2.24) is 20.9 Å². The van der Waals surface area contributed by atoms with Crippen LogP contribution in [0.3, 0.4) is 0 Å². The Balaban J connectivity index is 1.96. The molecule has 2 unspecified atom stereocenters. The van der Waals surface area contributed by atoms with Crippen molar-refractivity contribution in [3.05, 3.63) is 30.1 Å². The fourth-order valence-electron chi connectivity index (χ4n) is 4.46. The molecule has 3 amide bonds. The highest BCUT2D eigenvalue weighted by molar-refractivity contribution is 5.92. The Labute approximate surface area is 253 Å². The molecule has 1 heterocycles. The van der Waals surface area contributed by atoms with Gasteiger partial charge in [-0.05, 0) is 25.5 Å². The minimum Gasteiger partial charge on any atom is -0.447 e. The summed E-state index contributed by atoms with van der Waals surface area (Å²) < 4.78 is 15.5. The molecule has 3 N–H and O–H groups in total. The van der Waals surface area contributed by atoms with Crippen LogP contribution >= 0.6 is 0 Å². The zero-order valence-electron chi connectivity index (χ0n) is 26.3. The van der Waals surface area contributed by atoms with Crippen molar-refractivity contribution in [2.45, 2.75) is 129 Å². The van der Waals surface area contributed by atoms with Gasteiger partial charge in [0.2, 0.25) is 0 Å². The Bertz CT molecular complexity index is 826. The van der Waals surface area contributed by atoms with Crippen LogP contribution in [-0.2, 0) is 14.2 Å². The number of aromatic nitrogens is 1. The van der Waals surface area contributed by atoms with E-state index >= 15 is 0 Å². The number of carbonyl (C=O) groups excluding carboxylic acids is 3. The van der Waals surface area contributed by atoms with Gasteiger partial charge in [0.25, 0.3) is 5.91 Å². The normalized spacial score (nSPS) is 12.3. The van der Waals surface area contributed by atoms with E-state index in [2.05, 4.69) is 27.9 Å². The lowest BCUT2D eigenvalue weighted by Gasteiger charge is -2.18. The van der Waals surface area contributed by atoms with E-state index in [-0.39, 0.29) is 18.9 Å². The van der Waals surface area contributed by atoms with Gasteiger partial charge in [-0.15, -0.1) is 0 Å².